The van der Waals surface area contributed by atoms with E-state index in [4.69, 9.17) is 5.11 Å². The standard InChI is InChI=1S/C15H21NO2/c1-5-9-16(10-12(3)15(17)18)14-8-6-7-11(2)13(14)4/h5-8,12H,1,9-10H2,2-4H3,(H,17,18). The van der Waals surface area contributed by atoms with Crippen LogP contribution in [0.2, 0.25) is 0 Å². The fourth-order valence-corrected chi connectivity index (χ4v) is 1.91. The zero-order valence-corrected chi connectivity index (χ0v) is 11.3. The highest BCUT2D eigenvalue weighted by Crippen LogP contribution is 2.23. The summed E-state index contributed by atoms with van der Waals surface area (Å²) in [6.45, 7) is 10.7. The summed E-state index contributed by atoms with van der Waals surface area (Å²) in [5.41, 5.74) is 3.49. The number of carboxylic acids is 1. The van der Waals surface area contributed by atoms with E-state index in [1.165, 1.54) is 11.1 Å². The molecule has 0 spiro atoms. The first-order valence-electron chi connectivity index (χ1n) is 6.12. The first-order chi connectivity index (χ1) is 8.47. The summed E-state index contributed by atoms with van der Waals surface area (Å²) in [4.78, 5) is 13.0. The van der Waals surface area contributed by atoms with Crippen molar-refractivity contribution in [1.29, 1.82) is 0 Å². The van der Waals surface area contributed by atoms with Crippen molar-refractivity contribution in [3.63, 3.8) is 0 Å². The monoisotopic (exact) mass is 247 g/mol. The molecule has 0 aliphatic heterocycles. The highest BCUT2D eigenvalue weighted by Gasteiger charge is 2.17. The van der Waals surface area contributed by atoms with E-state index in [2.05, 4.69) is 31.4 Å². The predicted molar refractivity (Wildman–Crippen MR) is 75.1 cm³/mol. The third kappa shape index (κ3) is 3.36. The normalized spacial score (nSPS) is 11.9. The maximum absolute atomic E-state index is 11.0. The maximum atomic E-state index is 11.0. The van der Waals surface area contributed by atoms with Crippen molar-refractivity contribution < 1.29 is 9.90 Å². The Labute approximate surface area is 109 Å². The van der Waals surface area contributed by atoms with E-state index in [0.717, 1.165) is 5.69 Å². The molecule has 3 nitrogen and oxygen atoms in total. The molecule has 0 saturated heterocycles. The van der Waals surface area contributed by atoms with E-state index in [0.29, 0.717) is 13.1 Å². The summed E-state index contributed by atoms with van der Waals surface area (Å²) in [5.74, 6) is -1.17. The van der Waals surface area contributed by atoms with Gasteiger partial charge in [-0.1, -0.05) is 25.1 Å². The second kappa shape index (κ2) is 6.24. The van der Waals surface area contributed by atoms with E-state index in [1.807, 2.05) is 12.1 Å². The number of rotatable bonds is 6. The molecule has 0 amide bonds. The summed E-state index contributed by atoms with van der Waals surface area (Å²) in [5, 5.41) is 9.02. The van der Waals surface area contributed by atoms with E-state index in [-0.39, 0.29) is 0 Å². The van der Waals surface area contributed by atoms with Gasteiger partial charge in [-0.3, -0.25) is 4.79 Å². The van der Waals surface area contributed by atoms with Crippen molar-refractivity contribution in [2.45, 2.75) is 20.8 Å². The van der Waals surface area contributed by atoms with Crippen molar-refractivity contribution in [2.75, 3.05) is 18.0 Å². The van der Waals surface area contributed by atoms with Gasteiger partial charge in [0.2, 0.25) is 0 Å². The Kier molecular flexibility index (Phi) is 4.95. The van der Waals surface area contributed by atoms with Crippen LogP contribution in [0.3, 0.4) is 0 Å². The van der Waals surface area contributed by atoms with Gasteiger partial charge in [-0.2, -0.15) is 0 Å². The van der Waals surface area contributed by atoms with Crippen molar-refractivity contribution in [3.05, 3.63) is 42.0 Å². The zero-order chi connectivity index (χ0) is 13.7. The molecule has 3 heteroatoms. The second-order valence-electron chi connectivity index (χ2n) is 4.65. The number of carboxylic acid groups (broad SMARTS) is 1. The molecule has 0 saturated carbocycles. The van der Waals surface area contributed by atoms with Gasteiger partial charge in [0.25, 0.3) is 0 Å². The Balaban J connectivity index is 3.00. The molecule has 0 aliphatic rings. The average molecular weight is 247 g/mol. The summed E-state index contributed by atoms with van der Waals surface area (Å²) < 4.78 is 0. The van der Waals surface area contributed by atoms with Gasteiger partial charge < -0.3 is 10.0 Å². The van der Waals surface area contributed by atoms with Gasteiger partial charge in [0.1, 0.15) is 0 Å². The molecule has 0 aliphatic carbocycles. The molecule has 98 valence electrons. The summed E-state index contributed by atoms with van der Waals surface area (Å²) in [6, 6.07) is 6.09. The van der Waals surface area contributed by atoms with Gasteiger partial charge in [-0.15, -0.1) is 6.58 Å². The van der Waals surface area contributed by atoms with Crippen LogP contribution in [-0.2, 0) is 4.79 Å². The van der Waals surface area contributed by atoms with Crippen LogP contribution in [0.5, 0.6) is 0 Å². The second-order valence-corrected chi connectivity index (χ2v) is 4.65. The molecular formula is C15H21NO2. The van der Waals surface area contributed by atoms with Gasteiger partial charge in [0, 0.05) is 18.8 Å². The van der Waals surface area contributed by atoms with Crippen LogP contribution in [0.25, 0.3) is 0 Å². The van der Waals surface area contributed by atoms with Gasteiger partial charge in [0.15, 0.2) is 0 Å². The molecule has 1 unspecified atom stereocenters. The highest BCUT2D eigenvalue weighted by molar-refractivity contribution is 5.71. The highest BCUT2D eigenvalue weighted by atomic mass is 16.4. The van der Waals surface area contributed by atoms with Crippen LogP contribution in [0, 0.1) is 19.8 Å². The number of hydrogen-bond acceptors (Lipinski definition) is 2. The molecule has 0 aromatic heterocycles. The minimum Gasteiger partial charge on any atom is -0.481 e. The van der Waals surface area contributed by atoms with Crippen molar-refractivity contribution in [1.82, 2.24) is 0 Å². The van der Waals surface area contributed by atoms with Crippen LogP contribution >= 0.6 is 0 Å². The zero-order valence-electron chi connectivity index (χ0n) is 11.3. The molecule has 0 heterocycles. The lowest BCUT2D eigenvalue weighted by Gasteiger charge is -2.27. The molecule has 1 atom stereocenters. The fourth-order valence-electron chi connectivity index (χ4n) is 1.91. The topological polar surface area (TPSA) is 40.5 Å². The van der Waals surface area contributed by atoms with Crippen LogP contribution in [0.15, 0.2) is 30.9 Å². The van der Waals surface area contributed by atoms with Gasteiger partial charge in [-0.05, 0) is 31.0 Å². The Hall–Kier alpha value is -1.77. The van der Waals surface area contributed by atoms with E-state index < -0.39 is 11.9 Å². The lowest BCUT2D eigenvalue weighted by molar-refractivity contribution is -0.140. The maximum Gasteiger partial charge on any atom is 0.308 e. The van der Waals surface area contributed by atoms with Crippen molar-refractivity contribution in [3.8, 4) is 0 Å². The molecule has 1 rings (SSSR count). The first-order valence-corrected chi connectivity index (χ1v) is 6.12. The van der Waals surface area contributed by atoms with Crippen LogP contribution in [-0.4, -0.2) is 24.2 Å². The molecular weight excluding hydrogens is 226 g/mol. The average Bonchev–Trinajstić information content (AvgIpc) is 2.32. The minimum atomic E-state index is -0.769. The van der Waals surface area contributed by atoms with E-state index in [1.54, 1.807) is 13.0 Å². The Morgan fingerprint density at radius 3 is 2.72 bits per heavy atom. The number of anilines is 1. The molecule has 1 aromatic carbocycles. The number of carbonyl (C=O) groups is 1. The third-order valence-corrected chi connectivity index (χ3v) is 3.18. The number of aliphatic carboxylic acids is 1. The van der Waals surface area contributed by atoms with Crippen LogP contribution in [0.1, 0.15) is 18.1 Å². The van der Waals surface area contributed by atoms with Gasteiger partial charge in [0.05, 0.1) is 5.92 Å². The summed E-state index contributed by atoms with van der Waals surface area (Å²) in [6.07, 6.45) is 1.80. The Morgan fingerprint density at radius 2 is 2.17 bits per heavy atom. The lowest BCUT2D eigenvalue weighted by atomic mass is 10.1. The predicted octanol–water partition coefficient (Wildman–Crippen LogP) is 3.02. The van der Waals surface area contributed by atoms with Crippen molar-refractivity contribution >= 4 is 11.7 Å². The number of nitrogens with zero attached hydrogens (tertiary/aromatic N) is 1. The molecule has 0 radical (unpaired) electrons. The first kappa shape index (κ1) is 14.3. The quantitative estimate of drug-likeness (QED) is 0.785. The van der Waals surface area contributed by atoms with Crippen LogP contribution < -0.4 is 4.90 Å². The van der Waals surface area contributed by atoms with E-state index in [9.17, 15) is 4.79 Å². The number of aryl methyl sites for hydroxylation is 1. The SMILES string of the molecule is C=CCN(CC(C)C(=O)O)c1cccc(C)c1C. The van der Waals surface area contributed by atoms with Gasteiger partial charge >= 0.3 is 5.97 Å². The Morgan fingerprint density at radius 1 is 1.50 bits per heavy atom. The fraction of sp³-hybridized carbons (Fsp3) is 0.400. The van der Waals surface area contributed by atoms with Gasteiger partial charge in [-0.25, -0.2) is 0 Å². The summed E-state index contributed by atoms with van der Waals surface area (Å²) in [7, 11) is 0. The molecule has 0 fully saturated rings. The number of hydrogen-bond donors (Lipinski definition) is 1. The molecule has 0 bridgehead atoms. The van der Waals surface area contributed by atoms with Crippen molar-refractivity contribution in [2.24, 2.45) is 5.92 Å². The van der Waals surface area contributed by atoms with Crippen LogP contribution in [0.4, 0.5) is 5.69 Å². The van der Waals surface area contributed by atoms with E-state index >= 15 is 0 Å². The summed E-state index contributed by atoms with van der Waals surface area (Å²) >= 11 is 0. The minimum absolute atomic E-state index is 0.398. The largest absolute Gasteiger partial charge is 0.481 e. The smallest absolute Gasteiger partial charge is 0.308 e. The third-order valence-electron chi connectivity index (χ3n) is 3.18. The number of benzene rings is 1. The molecule has 1 aromatic rings. The lowest BCUT2D eigenvalue weighted by Crippen LogP contribution is -2.32. The molecule has 1 N–H and O–H groups in total. The molecule has 18 heavy (non-hydrogen) atoms. The Bertz CT molecular complexity index is 440.